The van der Waals surface area contributed by atoms with Crippen molar-refractivity contribution in [2.75, 3.05) is 13.1 Å². The molecule has 0 N–H and O–H groups in total. The summed E-state index contributed by atoms with van der Waals surface area (Å²) < 4.78 is 0. The van der Waals surface area contributed by atoms with E-state index in [1.54, 1.807) is 0 Å². The van der Waals surface area contributed by atoms with Crippen LogP contribution < -0.4 is 0 Å². The van der Waals surface area contributed by atoms with Crippen LogP contribution in [0.4, 0.5) is 0 Å². The number of rotatable bonds is 8. The van der Waals surface area contributed by atoms with E-state index in [1.807, 2.05) is 4.90 Å². The number of amides is 3. The molecule has 2 saturated heterocycles. The Bertz CT molecular complexity index is 459. The highest BCUT2D eigenvalue weighted by atomic mass is 16.2. The minimum absolute atomic E-state index is 0.0609. The summed E-state index contributed by atoms with van der Waals surface area (Å²) in [6.07, 6.45) is 4.95. The second-order valence-corrected chi connectivity index (χ2v) is 6.20. The van der Waals surface area contributed by atoms with E-state index in [1.165, 1.54) is 0 Å². The number of Topliss-reactive ketones (excluding diaryl/α,β-unsaturated/α-hetero) is 1. The van der Waals surface area contributed by atoms with Gasteiger partial charge in [0.15, 0.2) is 5.78 Å². The summed E-state index contributed by atoms with van der Waals surface area (Å²) in [5.74, 6) is -0.302. The normalized spacial score (nSPS) is 22.0. The first kappa shape index (κ1) is 16.6. The Morgan fingerprint density at radius 3 is 2.27 bits per heavy atom. The minimum atomic E-state index is -0.236. The van der Waals surface area contributed by atoms with Crippen LogP contribution in [0.5, 0.6) is 0 Å². The molecule has 0 aromatic carbocycles. The number of imide groups is 1. The number of unbranched alkanes of at least 4 members (excludes halogenated alkanes) is 2. The quantitative estimate of drug-likeness (QED) is 0.500. The molecule has 2 aliphatic heterocycles. The molecule has 0 bridgehead atoms. The van der Waals surface area contributed by atoms with Crippen molar-refractivity contribution in [2.24, 2.45) is 0 Å². The third kappa shape index (κ3) is 4.15. The fourth-order valence-electron chi connectivity index (χ4n) is 3.06. The zero-order chi connectivity index (χ0) is 16.1. The highest BCUT2D eigenvalue weighted by Crippen LogP contribution is 2.19. The molecule has 22 heavy (non-hydrogen) atoms. The van der Waals surface area contributed by atoms with Gasteiger partial charge in [0.1, 0.15) is 0 Å². The second kappa shape index (κ2) is 7.51. The molecule has 1 unspecified atom stereocenters. The maximum absolute atomic E-state index is 11.8. The van der Waals surface area contributed by atoms with Crippen LogP contribution >= 0.6 is 0 Å². The van der Waals surface area contributed by atoms with Crippen LogP contribution in [-0.4, -0.2) is 52.4 Å². The number of carbonyl (C=O) groups is 4. The summed E-state index contributed by atoms with van der Waals surface area (Å²) >= 11 is 0. The number of hydrogen-bond acceptors (Lipinski definition) is 4. The SMILES string of the molecule is CC1CCC(=O)N1CCCCCC(=O)CN1C(=O)CCC1=O. The highest BCUT2D eigenvalue weighted by Gasteiger charge is 2.30. The molecule has 6 nitrogen and oxygen atoms in total. The monoisotopic (exact) mass is 308 g/mol. The lowest BCUT2D eigenvalue weighted by Gasteiger charge is -2.21. The highest BCUT2D eigenvalue weighted by molar-refractivity contribution is 6.04. The molecule has 0 aliphatic carbocycles. The van der Waals surface area contributed by atoms with Gasteiger partial charge in [0.25, 0.3) is 0 Å². The Balaban J connectivity index is 1.58. The van der Waals surface area contributed by atoms with E-state index in [4.69, 9.17) is 0 Å². The van der Waals surface area contributed by atoms with Gasteiger partial charge in [-0.05, 0) is 26.2 Å². The van der Waals surface area contributed by atoms with E-state index in [2.05, 4.69) is 6.92 Å². The van der Waals surface area contributed by atoms with Gasteiger partial charge in [0, 0.05) is 38.3 Å². The number of ketones is 1. The lowest BCUT2D eigenvalue weighted by atomic mass is 10.1. The third-order valence-corrected chi connectivity index (χ3v) is 4.47. The molecule has 0 aromatic heterocycles. The first-order chi connectivity index (χ1) is 10.5. The molecule has 6 heteroatoms. The van der Waals surface area contributed by atoms with Crippen LogP contribution in [-0.2, 0) is 19.2 Å². The minimum Gasteiger partial charge on any atom is -0.340 e. The molecule has 2 aliphatic rings. The van der Waals surface area contributed by atoms with Gasteiger partial charge in [-0.2, -0.15) is 0 Å². The van der Waals surface area contributed by atoms with Crippen molar-refractivity contribution in [1.29, 1.82) is 0 Å². The summed E-state index contributed by atoms with van der Waals surface area (Å²) in [5, 5.41) is 0. The van der Waals surface area contributed by atoms with E-state index in [9.17, 15) is 19.2 Å². The lowest BCUT2D eigenvalue weighted by Crippen LogP contribution is -2.34. The molecule has 2 rings (SSSR count). The summed E-state index contributed by atoms with van der Waals surface area (Å²) in [6, 6.07) is 0.335. The van der Waals surface area contributed by atoms with E-state index >= 15 is 0 Å². The third-order valence-electron chi connectivity index (χ3n) is 4.47. The molecular weight excluding hydrogens is 284 g/mol. The number of nitrogens with zero attached hydrogens (tertiary/aromatic N) is 2. The van der Waals surface area contributed by atoms with Crippen LogP contribution in [0.15, 0.2) is 0 Å². The van der Waals surface area contributed by atoms with Gasteiger partial charge < -0.3 is 4.90 Å². The summed E-state index contributed by atoms with van der Waals surface area (Å²) in [7, 11) is 0. The first-order valence-corrected chi connectivity index (χ1v) is 8.13. The molecule has 3 amide bonds. The Morgan fingerprint density at radius 2 is 1.68 bits per heavy atom. The lowest BCUT2D eigenvalue weighted by molar-refractivity contribution is -0.141. The molecule has 2 fully saturated rings. The van der Waals surface area contributed by atoms with Gasteiger partial charge >= 0.3 is 0 Å². The van der Waals surface area contributed by atoms with Gasteiger partial charge in [-0.15, -0.1) is 0 Å². The van der Waals surface area contributed by atoms with Crippen molar-refractivity contribution in [3.8, 4) is 0 Å². The Labute approximate surface area is 130 Å². The van der Waals surface area contributed by atoms with Crippen molar-refractivity contribution in [3.05, 3.63) is 0 Å². The van der Waals surface area contributed by atoms with E-state index < -0.39 is 0 Å². The second-order valence-electron chi connectivity index (χ2n) is 6.20. The standard InChI is InChI=1S/C16H24N2O4/c1-12-6-7-14(20)17(12)10-4-2-3-5-13(19)11-18-15(21)8-9-16(18)22/h12H,2-11H2,1H3. The molecule has 0 radical (unpaired) electrons. The van der Waals surface area contributed by atoms with Crippen LogP contribution in [0.25, 0.3) is 0 Å². The molecule has 0 aromatic rings. The molecule has 122 valence electrons. The van der Waals surface area contributed by atoms with Gasteiger partial charge in [-0.1, -0.05) is 6.42 Å². The smallest absolute Gasteiger partial charge is 0.230 e. The molecule has 0 spiro atoms. The van der Waals surface area contributed by atoms with Crippen LogP contribution in [0.2, 0.25) is 0 Å². The average molecular weight is 308 g/mol. The van der Waals surface area contributed by atoms with Crippen LogP contribution in [0, 0.1) is 0 Å². The zero-order valence-corrected chi connectivity index (χ0v) is 13.2. The van der Waals surface area contributed by atoms with Crippen molar-refractivity contribution >= 4 is 23.5 Å². The topological polar surface area (TPSA) is 74.8 Å². The predicted molar refractivity (Wildman–Crippen MR) is 79.8 cm³/mol. The predicted octanol–water partition coefficient (Wildman–Crippen LogP) is 1.28. The van der Waals surface area contributed by atoms with Crippen molar-refractivity contribution in [2.45, 2.75) is 64.3 Å². The molecule has 2 heterocycles. The summed E-state index contributed by atoms with van der Waals surface area (Å²) in [5.41, 5.74) is 0. The van der Waals surface area contributed by atoms with Gasteiger partial charge in [-0.3, -0.25) is 24.1 Å². The van der Waals surface area contributed by atoms with Crippen molar-refractivity contribution in [1.82, 2.24) is 9.80 Å². The van der Waals surface area contributed by atoms with Crippen LogP contribution in [0.3, 0.4) is 0 Å². The van der Waals surface area contributed by atoms with E-state index in [0.717, 1.165) is 37.1 Å². The number of likely N-dealkylation sites (tertiary alicyclic amines) is 2. The van der Waals surface area contributed by atoms with Crippen molar-refractivity contribution in [3.63, 3.8) is 0 Å². The Morgan fingerprint density at radius 1 is 1.00 bits per heavy atom. The van der Waals surface area contributed by atoms with E-state index in [-0.39, 0.29) is 42.9 Å². The van der Waals surface area contributed by atoms with Crippen molar-refractivity contribution < 1.29 is 19.2 Å². The largest absolute Gasteiger partial charge is 0.340 e. The number of carbonyl (C=O) groups excluding carboxylic acids is 4. The maximum atomic E-state index is 11.8. The fourth-order valence-corrected chi connectivity index (χ4v) is 3.06. The molecule has 0 saturated carbocycles. The van der Waals surface area contributed by atoms with E-state index in [0.29, 0.717) is 18.9 Å². The summed E-state index contributed by atoms with van der Waals surface area (Å²) in [6.45, 7) is 2.76. The summed E-state index contributed by atoms with van der Waals surface area (Å²) in [4.78, 5) is 49.3. The number of hydrogen-bond donors (Lipinski definition) is 0. The fraction of sp³-hybridized carbons (Fsp3) is 0.750. The first-order valence-electron chi connectivity index (χ1n) is 8.13. The van der Waals surface area contributed by atoms with Gasteiger partial charge in [0.2, 0.25) is 17.7 Å². The average Bonchev–Trinajstić information content (AvgIpc) is 2.96. The van der Waals surface area contributed by atoms with Crippen LogP contribution in [0.1, 0.15) is 58.3 Å². The Kier molecular flexibility index (Phi) is 5.69. The Hall–Kier alpha value is -1.72. The molecule has 1 atom stereocenters. The molecular formula is C16H24N2O4. The van der Waals surface area contributed by atoms with Gasteiger partial charge in [-0.25, -0.2) is 0 Å². The zero-order valence-electron chi connectivity index (χ0n) is 13.2. The maximum Gasteiger partial charge on any atom is 0.230 e. The van der Waals surface area contributed by atoms with Gasteiger partial charge in [0.05, 0.1) is 6.54 Å².